The van der Waals surface area contributed by atoms with Gasteiger partial charge in [-0.05, 0) is 12.1 Å². The molecule has 22 heavy (non-hydrogen) atoms. The molecule has 3 aromatic rings. The van der Waals surface area contributed by atoms with Crippen LogP contribution in [0.2, 0.25) is 5.02 Å². The number of halogens is 1. The van der Waals surface area contributed by atoms with Crippen molar-refractivity contribution in [2.75, 3.05) is 6.61 Å². The molecule has 0 N–H and O–H groups in total. The Labute approximate surface area is 130 Å². The van der Waals surface area contributed by atoms with E-state index in [0.29, 0.717) is 17.3 Å². The summed E-state index contributed by atoms with van der Waals surface area (Å²) < 4.78 is 11.7. The Kier molecular flexibility index (Phi) is 4.15. The van der Waals surface area contributed by atoms with Crippen molar-refractivity contribution >= 4 is 17.6 Å². The molecule has 0 amide bonds. The van der Waals surface area contributed by atoms with Gasteiger partial charge in [0.1, 0.15) is 36.8 Å². The average Bonchev–Trinajstić information content (AvgIpc) is 3.19. The largest absolute Gasteiger partial charge is 0.460 e. The van der Waals surface area contributed by atoms with Crippen LogP contribution >= 0.6 is 11.6 Å². The van der Waals surface area contributed by atoms with E-state index in [4.69, 9.17) is 20.9 Å². The lowest BCUT2D eigenvalue weighted by Crippen LogP contribution is -2.12. The van der Waals surface area contributed by atoms with Crippen molar-refractivity contribution in [3.05, 3.63) is 53.8 Å². The number of carbonyl (C=O) groups excluding carboxylic acids is 1. The summed E-state index contributed by atoms with van der Waals surface area (Å²) in [6.07, 6.45) is 4.23. The molecular weight excluding hydrogens is 308 g/mol. The molecule has 0 atom stereocenters. The summed E-state index contributed by atoms with van der Waals surface area (Å²) in [5, 5.41) is 8.37. The minimum Gasteiger partial charge on any atom is -0.460 e. The van der Waals surface area contributed by atoms with Crippen molar-refractivity contribution in [3.63, 3.8) is 0 Å². The number of hydrogen-bond donors (Lipinski definition) is 0. The van der Waals surface area contributed by atoms with Crippen LogP contribution in [0.1, 0.15) is 10.4 Å². The van der Waals surface area contributed by atoms with Crippen LogP contribution in [0, 0.1) is 0 Å². The molecule has 0 aliphatic rings. The molecular formula is C14H11ClN4O3. The highest BCUT2D eigenvalue weighted by Gasteiger charge is 2.18. The number of hydrogen-bond acceptors (Lipinski definition) is 6. The molecule has 0 bridgehead atoms. The molecule has 0 unspecified atom stereocenters. The fourth-order valence-corrected chi connectivity index (χ4v) is 1.98. The van der Waals surface area contributed by atoms with E-state index in [1.807, 2.05) is 0 Å². The first-order chi connectivity index (χ1) is 10.7. The summed E-state index contributed by atoms with van der Waals surface area (Å²) in [6.45, 7) is 0.598. The van der Waals surface area contributed by atoms with Gasteiger partial charge in [-0.25, -0.2) is 14.5 Å². The number of aromatic nitrogens is 4. The monoisotopic (exact) mass is 318 g/mol. The predicted molar refractivity (Wildman–Crippen MR) is 77.3 cm³/mol. The van der Waals surface area contributed by atoms with Gasteiger partial charge in [-0.3, -0.25) is 0 Å². The van der Waals surface area contributed by atoms with Gasteiger partial charge in [0.25, 0.3) is 0 Å². The molecule has 1 aromatic carbocycles. The molecule has 2 aromatic heterocycles. The molecule has 0 aliphatic heterocycles. The molecule has 112 valence electrons. The summed E-state index contributed by atoms with van der Waals surface area (Å²) in [4.78, 5) is 15.9. The summed E-state index contributed by atoms with van der Waals surface area (Å²) in [7, 11) is 0. The smallest absolute Gasteiger partial charge is 0.343 e. The van der Waals surface area contributed by atoms with E-state index in [0.717, 1.165) is 5.56 Å². The minimum absolute atomic E-state index is 0.174. The Morgan fingerprint density at radius 2 is 2.14 bits per heavy atom. The maximum Gasteiger partial charge on any atom is 0.343 e. The standard InChI is InChI=1S/C14H11ClN4O3/c15-11-3-1-10(2-4-11)13-12(7-22-18-13)14(20)21-6-5-19-9-16-8-17-19/h1-4,7-9H,5-6H2. The van der Waals surface area contributed by atoms with Crippen LogP contribution in [0.25, 0.3) is 11.3 Å². The molecule has 3 rings (SSSR count). The van der Waals surface area contributed by atoms with E-state index in [1.165, 1.54) is 12.6 Å². The van der Waals surface area contributed by atoms with Crippen molar-refractivity contribution < 1.29 is 14.1 Å². The first-order valence-corrected chi connectivity index (χ1v) is 6.81. The Morgan fingerprint density at radius 1 is 1.32 bits per heavy atom. The number of benzene rings is 1. The zero-order valence-electron chi connectivity index (χ0n) is 11.3. The summed E-state index contributed by atoms with van der Waals surface area (Å²) in [5.41, 5.74) is 1.41. The van der Waals surface area contributed by atoms with Crippen LogP contribution in [0.4, 0.5) is 0 Å². The number of rotatable bonds is 5. The van der Waals surface area contributed by atoms with Crippen LogP contribution in [0.5, 0.6) is 0 Å². The lowest BCUT2D eigenvalue weighted by atomic mass is 10.1. The third-order valence-electron chi connectivity index (χ3n) is 2.93. The van der Waals surface area contributed by atoms with Gasteiger partial charge in [0, 0.05) is 10.6 Å². The predicted octanol–water partition coefficient (Wildman–Crippen LogP) is 2.44. The highest BCUT2D eigenvalue weighted by Crippen LogP contribution is 2.24. The lowest BCUT2D eigenvalue weighted by Gasteiger charge is -2.04. The molecule has 7 nitrogen and oxygen atoms in total. The molecule has 0 radical (unpaired) electrons. The topological polar surface area (TPSA) is 83.0 Å². The summed E-state index contributed by atoms with van der Waals surface area (Å²) >= 11 is 5.84. The van der Waals surface area contributed by atoms with Crippen LogP contribution in [-0.2, 0) is 11.3 Å². The maximum absolute atomic E-state index is 12.1. The van der Waals surface area contributed by atoms with Gasteiger partial charge >= 0.3 is 5.97 Å². The van der Waals surface area contributed by atoms with Gasteiger partial charge in [0.05, 0.1) is 6.54 Å². The van der Waals surface area contributed by atoms with Crippen molar-refractivity contribution in [2.45, 2.75) is 6.54 Å². The zero-order valence-corrected chi connectivity index (χ0v) is 12.1. The zero-order chi connectivity index (χ0) is 15.4. The van der Waals surface area contributed by atoms with Gasteiger partial charge in [0.15, 0.2) is 0 Å². The molecule has 0 saturated heterocycles. The van der Waals surface area contributed by atoms with Crippen molar-refractivity contribution in [3.8, 4) is 11.3 Å². The van der Waals surface area contributed by atoms with Gasteiger partial charge in [-0.1, -0.05) is 28.9 Å². The van der Waals surface area contributed by atoms with Crippen molar-refractivity contribution in [2.24, 2.45) is 0 Å². The van der Waals surface area contributed by atoms with E-state index < -0.39 is 5.97 Å². The van der Waals surface area contributed by atoms with E-state index in [-0.39, 0.29) is 12.2 Å². The van der Waals surface area contributed by atoms with Gasteiger partial charge in [-0.2, -0.15) is 5.10 Å². The first-order valence-electron chi connectivity index (χ1n) is 6.44. The molecule has 0 fully saturated rings. The summed E-state index contributed by atoms with van der Waals surface area (Å²) in [6, 6.07) is 6.94. The SMILES string of the molecule is O=C(OCCn1cncn1)c1conc1-c1ccc(Cl)cc1. The van der Waals surface area contributed by atoms with Gasteiger partial charge < -0.3 is 9.26 Å². The third-order valence-corrected chi connectivity index (χ3v) is 3.18. The highest BCUT2D eigenvalue weighted by atomic mass is 35.5. The third kappa shape index (κ3) is 3.15. The number of carbonyl (C=O) groups is 1. The van der Waals surface area contributed by atoms with Crippen LogP contribution in [0.15, 0.2) is 47.7 Å². The molecule has 2 heterocycles. The Morgan fingerprint density at radius 3 is 2.86 bits per heavy atom. The second-order valence-electron chi connectivity index (χ2n) is 4.38. The van der Waals surface area contributed by atoms with Crippen LogP contribution in [0.3, 0.4) is 0 Å². The van der Waals surface area contributed by atoms with Crippen molar-refractivity contribution in [1.82, 2.24) is 19.9 Å². The van der Waals surface area contributed by atoms with Gasteiger partial charge in [-0.15, -0.1) is 0 Å². The quantitative estimate of drug-likeness (QED) is 0.672. The van der Waals surface area contributed by atoms with Gasteiger partial charge in [0.2, 0.25) is 0 Å². The Bertz CT molecular complexity index is 753. The second kappa shape index (κ2) is 6.40. The van der Waals surface area contributed by atoms with E-state index in [1.54, 1.807) is 35.3 Å². The van der Waals surface area contributed by atoms with E-state index in [2.05, 4.69) is 15.2 Å². The van der Waals surface area contributed by atoms with E-state index in [9.17, 15) is 4.79 Å². The van der Waals surface area contributed by atoms with Crippen LogP contribution in [-0.4, -0.2) is 32.5 Å². The number of nitrogens with zero attached hydrogens (tertiary/aromatic N) is 4. The van der Waals surface area contributed by atoms with E-state index >= 15 is 0 Å². The molecule has 0 aliphatic carbocycles. The Balaban J connectivity index is 1.68. The maximum atomic E-state index is 12.1. The highest BCUT2D eigenvalue weighted by molar-refractivity contribution is 6.30. The fraction of sp³-hybridized carbons (Fsp3) is 0.143. The average molecular weight is 319 g/mol. The molecule has 0 spiro atoms. The lowest BCUT2D eigenvalue weighted by molar-refractivity contribution is 0.0487. The number of esters is 1. The minimum atomic E-state index is -0.508. The summed E-state index contributed by atoms with van der Waals surface area (Å²) in [5.74, 6) is -0.508. The fourth-order valence-electron chi connectivity index (χ4n) is 1.86. The van der Waals surface area contributed by atoms with Crippen LogP contribution < -0.4 is 0 Å². The molecule has 0 saturated carbocycles. The Hall–Kier alpha value is -2.67. The first kappa shape index (κ1) is 14.3. The normalized spacial score (nSPS) is 10.6. The second-order valence-corrected chi connectivity index (χ2v) is 4.81. The van der Waals surface area contributed by atoms with Crippen molar-refractivity contribution in [1.29, 1.82) is 0 Å². The number of ether oxygens (including phenoxy) is 1. The molecule has 8 heteroatoms.